The number of hydrogen-bond acceptors (Lipinski definition) is 6. The van der Waals surface area contributed by atoms with Gasteiger partial charge < -0.3 is 9.15 Å². The van der Waals surface area contributed by atoms with E-state index in [-0.39, 0.29) is 11.9 Å². The van der Waals surface area contributed by atoms with Gasteiger partial charge in [0.2, 0.25) is 11.8 Å². The summed E-state index contributed by atoms with van der Waals surface area (Å²) < 4.78 is 26.5. The minimum atomic E-state index is -0.291. The van der Waals surface area contributed by atoms with Gasteiger partial charge in [0.25, 0.3) is 0 Å². The molecule has 2 aromatic heterocycles. The number of ether oxygens (including phenoxy) is 1. The van der Waals surface area contributed by atoms with Crippen molar-refractivity contribution in [3.05, 3.63) is 53.9 Å². The van der Waals surface area contributed by atoms with E-state index in [1.54, 1.807) is 12.1 Å². The molecule has 0 radical (unpaired) electrons. The first-order chi connectivity index (χ1) is 12.7. The average molecular weight is 357 g/mol. The molecule has 136 valence electrons. The molecular weight excluding hydrogens is 337 g/mol. The van der Waals surface area contributed by atoms with Crippen LogP contribution < -0.4 is 0 Å². The van der Waals surface area contributed by atoms with E-state index >= 15 is 0 Å². The summed E-state index contributed by atoms with van der Waals surface area (Å²) >= 11 is 0. The van der Waals surface area contributed by atoms with E-state index in [2.05, 4.69) is 20.2 Å². The predicted octanol–water partition coefficient (Wildman–Crippen LogP) is 2.28. The molecule has 1 atom stereocenters. The molecule has 1 aromatic carbocycles. The van der Waals surface area contributed by atoms with Crippen LogP contribution in [0.15, 0.2) is 41.1 Å². The van der Waals surface area contributed by atoms with Gasteiger partial charge in [-0.1, -0.05) is 0 Å². The maximum absolute atomic E-state index is 13.0. The zero-order valence-electron chi connectivity index (χ0n) is 14.5. The summed E-state index contributed by atoms with van der Waals surface area (Å²) in [5, 5.41) is 12.5. The lowest BCUT2D eigenvalue weighted by Crippen LogP contribution is -2.43. The molecule has 26 heavy (non-hydrogen) atoms. The van der Waals surface area contributed by atoms with Gasteiger partial charge in [0.1, 0.15) is 5.82 Å². The molecule has 1 aliphatic heterocycles. The molecule has 1 fully saturated rings. The summed E-state index contributed by atoms with van der Waals surface area (Å²) in [6, 6.07) is 6.01. The van der Waals surface area contributed by atoms with Crippen molar-refractivity contribution in [2.45, 2.75) is 26.1 Å². The van der Waals surface area contributed by atoms with Crippen molar-refractivity contribution in [2.75, 3.05) is 19.7 Å². The number of nitrogens with zero attached hydrogens (tertiary/aromatic N) is 5. The third-order valence-electron chi connectivity index (χ3n) is 4.29. The summed E-state index contributed by atoms with van der Waals surface area (Å²) in [6.45, 7) is 5.53. The summed E-state index contributed by atoms with van der Waals surface area (Å²) in [6.07, 6.45) is 3.92. The Bertz CT molecular complexity index is 861. The Morgan fingerprint density at radius 1 is 1.23 bits per heavy atom. The van der Waals surface area contributed by atoms with Crippen molar-refractivity contribution in [3.63, 3.8) is 0 Å². The Morgan fingerprint density at radius 2 is 2.08 bits per heavy atom. The maximum Gasteiger partial charge on any atom is 0.247 e. The van der Waals surface area contributed by atoms with Crippen LogP contribution in [0.1, 0.15) is 11.5 Å². The molecule has 0 aliphatic carbocycles. The van der Waals surface area contributed by atoms with Gasteiger partial charge in [0.15, 0.2) is 0 Å². The van der Waals surface area contributed by atoms with Crippen LogP contribution in [0.4, 0.5) is 4.39 Å². The van der Waals surface area contributed by atoms with Gasteiger partial charge in [-0.2, -0.15) is 5.10 Å². The second-order valence-electron chi connectivity index (χ2n) is 6.48. The molecule has 7 nitrogen and oxygen atoms in total. The van der Waals surface area contributed by atoms with E-state index in [1.165, 1.54) is 12.1 Å². The SMILES string of the molecule is Cc1cnn(CC2CN(Cc3nnc(-c4ccc(F)cc4)o3)CCO2)c1. The first-order valence-electron chi connectivity index (χ1n) is 8.57. The highest BCUT2D eigenvalue weighted by Gasteiger charge is 2.23. The van der Waals surface area contributed by atoms with Crippen LogP contribution in [0.3, 0.4) is 0 Å². The number of aryl methyl sites for hydroxylation is 1. The van der Waals surface area contributed by atoms with Gasteiger partial charge in [-0.05, 0) is 36.8 Å². The summed E-state index contributed by atoms with van der Waals surface area (Å²) in [7, 11) is 0. The average Bonchev–Trinajstić information content (AvgIpc) is 3.25. The largest absolute Gasteiger partial charge is 0.419 e. The van der Waals surface area contributed by atoms with Crippen LogP contribution in [-0.4, -0.2) is 50.7 Å². The molecular formula is C18H20FN5O2. The zero-order chi connectivity index (χ0) is 17.9. The van der Waals surface area contributed by atoms with Crippen LogP contribution in [0.5, 0.6) is 0 Å². The van der Waals surface area contributed by atoms with Crippen LogP contribution >= 0.6 is 0 Å². The first kappa shape index (κ1) is 16.9. The topological polar surface area (TPSA) is 69.2 Å². The highest BCUT2D eigenvalue weighted by atomic mass is 19.1. The molecule has 1 unspecified atom stereocenters. The summed E-state index contributed by atoms with van der Waals surface area (Å²) in [5.74, 6) is 0.650. The van der Waals surface area contributed by atoms with Gasteiger partial charge in [-0.25, -0.2) is 4.39 Å². The number of halogens is 1. The van der Waals surface area contributed by atoms with E-state index in [0.717, 1.165) is 25.2 Å². The van der Waals surface area contributed by atoms with Gasteiger partial charge in [0.05, 0.1) is 32.0 Å². The Balaban J connectivity index is 1.37. The lowest BCUT2D eigenvalue weighted by molar-refractivity contribution is -0.0422. The lowest BCUT2D eigenvalue weighted by Gasteiger charge is -2.31. The molecule has 8 heteroatoms. The normalized spacial score (nSPS) is 18.3. The maximum atomic E-state index is 13.0. The fourth-order valence-corrected chi connectivity index (χ4v) is 3.03. The van der Waals surface area contributed by atoms with Crippen molar-refractivity contribution in [1.82, 2.24) is 24.9 Å². The molecule has 3 heterocycles. The van der Waals surface area contributed by atoms with E-state index in [0.29, 0.717) is 30.5 Å². The van der Waals surface area contributed by atoms with E-state index in [9.17, 15) is 4.39 Å². The Morgan fingerprint density at radius 3 is 2.85 bits per heavy atom. The van der Waals surface area contributed by atoms with E-state index in [1.807, 2.05) is 24.0 Å². The zero-order valence-corrected chi connectivity index (χ0v) is 14.5. The predicted molar refractivity (Wildman–Crippen MR) is 91.7 cm³/mol. The second-order valence-corrected chi connectivity index (χ2v) is 6.48. The molecule has 0 bridgehead atoms. The third kappa shape index (κ3) is 3.97. The molecule has 0 saturated carbocycles. The minimum absolute atomic E-state index is 0.0718. The highest BCUT2D eigenvalue weighted by Crippen LogP contribution is 2.19. The summed E-state index contributed by atoms with van der Waals surface area (Å²) in [4.78, 5) is 2.23. The highest BCUT2D eigenvalue weighted by molar-refractivity contribution is 5.51. The van der Waals surface area contributed by atoms with Crippen molar-refractivity contribution < 1.29 is 13.5 Å². The molecule has 3 aromatic rings. The van der Waals surface area contributed by atoms with Crippen LogP contribution in [0.2, 0.25) is 0 Å². The molecule has 0 spiro atoms. The number of benzene rings is 1. The van der Waals surface area contributed by atoms with Crippen molar-refractivity contribution in [3.8, 4) is 11.5 Å². The minimum Gasteiger partial charge on any atom is -0.419 e. The number of hydrogen-bond donors (Lipinski definition) is 0. The standard InChI is InChI=1S/C18H20FN5O2/c1-13-8-20-24(9-13)11-16-10-23(6-7-25-16)12-17-21-22-18(26-17)14-2-4-15(19)5-3-14/h2-5,8-9,16H,6-7,10-12H2,1H3. The van der Waals surface area contributed by atoms with Crippen LogP contribution in [-0.2, 0) is 17.8 Å². The fourth-order valence-electron chi connectivity index (χ4n) is 3.03. The van der Waals surface area contributed by atoms with Gasteiger partial charge in [0, 0.05) is 24.8 Å². The number of rotatable bonds is 5. The Hall–Kier alpha value is -2.58. The summed E-state index contributed by atoms with van der Waals surface area (Å²) in [5.41, 5.74) is 1.84. The van der Waals surface area contributed by atoms with Gasteiger partial charge in [-0.15, -0.1) is 10.2 Å². The number of aromatic nitrogens is 4. The third-order valence-corrected chi connectivity index (χ3v) is 4.29. The van der Waals surface area contributed by atoms with Gasteiger partial charge in [-0.3, -0.25) is 9.58 Å². The molecule has 1 saturated heterocycles. The van der Waals surface area contributed by atoms with Crippen LogP contribution in [0, 0.1) is 12.7 Å². The lowest BCUT2D eigenvalue weighted by atomic mass is 10.2. The molecule has 1 aliphatic rings. The van der Waals surface area contributed by atoms with Crippen molar-refractivity contribution in [1.29, 1.82) is 0 Å². The Labute approximate surface area is 150 Å². The van der Waals surface area contributed by atoms with E-state index < -0.39 is 0 Å². The molecule has 0 amide bonds. The monoisotopic (exact) mass is 357 g/mol. The van der Waals surface area contributed by atoms with Gasteiger partial charge >= 0.3 is 0 Å². The molecule has 0 N–H and O–H groups in total. The smallest absolute Gasteiger partial charge is 0.247 e. The quantitative estimate of drug-likeness (QED) is 0.698. The Kier molecular flexibility index (Phi) is 4.77. The van der Waals surface area contributed by atoms with E-state index in [4.69, 9.17) is 9.15 Å². The first-order valence-corrected chi connectivity index (χ1v) is 8.57. The van der Waals surface area contributed by atoms with Crippen molar-refractivity contribution in [2.24, 2.45) is 0 Å². The fraction of sp³-hybridized carbons (Fsp3) is 0.389. The van der Waals surface area contributed by atoms with Crippen molar-refractivity contribution >= 4 is 0 Å². The molecule has 4 rings (SSSR count). The second kappa shape index (κ2) is 7.35. The van der Waals surface area contributed by atoms with Crippen LogP contribution in [0.25, 0.3) is 11.5 Å². The number of morpholine rings is 1.